The lowest BCUT2D eigenvalue weighted by atomic mass is 10.1. The fraction of sp³-hybridized carbons (Fsp3) is 0.286. The van der Waals surface area contributed by atoms with Crippen LogP contribution in [-0.4, -0.2) is 10.9 Å². The maximum absolute atomic E-state index is 12.0. The molecule has 2 aromatic rings. The third-order valence-corrected chi connectivity index (χ3v) is 3.81. The summed E-state index contributed by atoms with van der Waals surface area (Å²) in [4.78, 5) is 17.3. The highest BCUT2D eigenvalue weighted by molar-refractivity contribution is 7.10. The number of nitrogen functional groups attached to an aromatic ring is 1. The number of anilines is 1. The zero-order chi connectivity index (χ0) is 13.7. The van der Waals surface area contributed by atoms with Crippen LogP contribution in [0.1, 0.15) is 30.0 Å². The van der Waals surface area contributed by atoms with Crippen molar-refractivity contribution in [1.82, 2.24) is 10.3 Å². The fourth-order valence-electron chi connectivity index (χ4n) is 1.81. The van der Waals surface area contributed by atoms with Gasteiger partial charge in [-0.1, -0.05) is 13.0 Å². The molecule has 6 heteroatoms. The Morgan fingerprint density at radius 1 is 1.45 bits per heavy atom. The van der Waals surface area contributed by atoms with Gasteiger partial charge in [-0.15, -0.1) is 23.7 Å². The Hall–Kier alpha value is -1.59. The molecule has 0 aromatic carbocycles. The number of amides is 1. The number of carbonyl (C=O) groups excluding carboxylic acids is 1. The van der Waals surface area contributed by atoms with Gasteiger partial charge in [-0.2, -0.15) is 0 Å². The smallest absolute Gasteiger partial charge is 0.226 e. The first kappa shape index (κ1) is 16.5. The number of halogens is 1. The lowest BCUT2D eigenvalue weighted by Crippen LogP contribution is -2.29. The highest BCUT2D eigenvalue weighted by Crippen LogP contribution is 2.21. The van der Waals surface area contributed by atoms with Crippen LogP contribution in [0.3, 0.4) is 0 Å². The molecule has 1 atom stereocenters. The minimum Gasteiger partial charge on any atom is -0.397 e. The first-order valence-corrected chi connectivity index (χ1v) is 7.10. The molecule has 20 heavy (non-hydrogen) atoms. The van der Waals surface area contributed by atoms with Gasteiger partial charge in [0.05, 0.1) is 24.3 Å². The molecule has 1 amide bonds. The number of nitrogens with zero attached hydrogens (tertiary/aromatic N) is 1. The maximum atomic E-state index is 12.0. The second-order valence-electron chi connectivity index (χ2n) is 4.30. The summed E-state index contributed by atoms with van der Waals surface area (Å²) in [6.07, 6.45) is 2.72. The molecule has 0 aliphatic carbocycles. The summed E-state index contributed by atoms with van der Waals surface area (Å²) in [5.41, 5.74) is 6.90. The molecule has 0 aliphatic heterocycles. The third-order valence-electron chi connectivity index (χ3n) is 2.82. The van der Waals surface area contributed by atoms with Gasteiger partial charge in [0, 0.05) is 10.6 Å². The van der Waals surface area contributed by atoms with Crippen molar-refractivity contribution in [1.29, 1.82) is 0 Å². The summed E-state index contributed by atoms with van der Waals surface area (Å²) in [7, 11) is 0. The minimum atomic E-state index is -0.0162. The van der Waals surface area contributed by atoms with Crippen molar-refractivity contribution in [3.63, 3.8) is 0 Å². The summed E-state index contributed by atoms with van der Waals surface area (Å²) in [5.74, 6) is -0.0162. The molecule has 4 nitrogen and oxygen atoms in total. The topological polar surface area (TPSA) is 68.0 Å². The first-order chi connectivity index (χ1) is 9.19. The highest BCUT2D eigenvalue weighted by atomic mass is 35.5. The molecule has 0 spiro atoms. The number of hydrogen-bond acceptors (Lipinski definition) is 4. The van der Waals surface area contributed by atoms with Crippen molar-refractivity contribution in [3.8, 4) is 0 Å². The Labute approximate surface area is 128 Å². The Balaban J connectivity index is 0.00000200. The Morgan fingerprint density at radius 3 is 2.80 bits per heavy atom. The maximum Gasteiger partial charge on any atom is 0.226 e. The van der Waals surface area contributed by atoms with Gasteiger partial charge >= 0.3 is 0 Å². The van der Waals surface area contributed by atoms with Crippen molar-refractivity contribution in [2.75, 3.05) is 5.73 Å². The summed E-state index contributed by atoms with van der Waals surface area (Å²) < 4.78 is 0. The zero-order valence-electron chi connectivity index (χ0n) is 11.2. The molecule has 0 radical (unpaired) electrons. The second-order valence-corrected chi connectivity index (χ2v) is 5.28. The van der Waals surface area contributed by atoms with Crippen LogP contribution in [-0.2, 0) is 11.2 Å². The molecule has 0 saturated carbocycles. The molecule has 0 saturated heterocycles. The molecule has 108 valence electrons. The second kappa shape index (κ2) is 7.87. The van der Waals surface area contributed by atoms with E-state index in [2.05, 4.69) is 17.2 Å². The van der Waals surface area contributed by atoms with Gasteiger partial charge in [-0.3, -0.25) is 9.78 Å². The summed E-state index contributed by atoms with van der Waals surface area (Å²) >= 11 is 1.66. The number of hydrogen-bond donors (Lipinski definition) is 2. The minimum absolute atomic E-state index is 0. The first-order valence-electron chi connectivity index (χ1n) is 6.22. The highest BCUT2D eigenvalue weighted by Gasteiger charge is 2.14. The van der Waals surface area contributed by atoms with E-state index < -0.39 is 0 Å². The normalized spacial score (nSPS) is 11.4. The number of pyridine rings is 1. The largest absolute Gasteiger partial charge is 0.397 e. The van der Waals surface area contributed by atoms with Crippen LogP contribution in [0, 0.1) is 0 Å². The lowest BCUT2D eigenvalue weighted by molar-refractivity contribution is -0.121. The average Bonchev–Trinajstić information content (AvgIpc) is 2.92. The van der Waals surface area contributed by atoms with Gasteiger partial charge in [0.2, 0.25) is 5.91 Å². The van der Waals surface area contributed by atoms with Crippen LogP contribution in [0.15, 0.2) is 35.8 Å². The molecule has 2 heterocycles. The van der Waals surface area contributed by atoms with E-state index in [4.69, 9.17) is 5.73 Å². The summed E-state index contributed by atoms with van der Waals surface area (Å²) in [5, 5.41) is 5.05. The molecule has 2 rings (SSSR count). The fourth-order valence-corrected chi connectivity index (χ4v) is 2.68. The lowest BCUT2D eigenvalue weighted by Gasteiger charge is -2.15. The molecule has 0 aliphatic rings. The van der Waals surface area contributed by atoms with E-state index in [9.17, 15) is 4.79 Å². The summed E-state index contributed by atoms with van der Waals surface area (Å²) in [6.45, 7) is 2.06. The summed E-state index contributed by atoms with van der Waals surface area (Å²) in [6, 6.07) is 7.66. The molecule has 0 bridgehead atoms. The number of nitrogens with two attached hydrogens (primary N) is 1. The van der Waals surface area contributed by atoms with Crippen LogP contribution in [0.4, 0.5) is 5.69 Å². The van der Waals surface area contributed by atoms with Crippen LogP contribution in [0.5, 0.6) is 0 Å². The Kier molecular flexibility index (Phi) is 6.48. The van der Waals surface area contributed by atoms with Crippen LogP contribution < -0.4 is 11.1 Å². The van der Waals surface area contributed by atoms with E-state index in [0.29, 0.717) is 5.69 Å². The predicted octanol–water partition coefficient (Wildman–Crippen LogP) is 2.96. The van der Waals surface area contributed by atoms with Crippen molar-refractivity contribution in [2.24, 2.45) is 0 Å². The number of nitrogens with one attached hydrogen (secondary N) is 1. The molecule has 0 fully saturated rings. The average molecular weight is 312 g/mol. The zero-order valence-corrected chi connectivity index (χ0v) is 12.8. The molecule has 2 aromatic heterocycles. The van der Waals surface area contributed by atoms with Gasteiger partial charge in [-0.05, 0) is 30.0 Å². The van der Waals surface area contributed by atoms with Gasteiger partial charge in [0.15, 0.2) is 0 Å². The van der Waals surface area contributed by atoms with Crippen molar-refractivity contribution >= 4 is 35.3 Å². The van der Waals surface area contributed by atoms with Gasteiger partial charge in [0.25, 0.3) is 0 Å². The van der Waals surface area contributed by atoms with Crippen molar-refractivity contribution < 1.29 is 4.79 Å². The standard InChI is InChI=1S/C14H17N3OS.ClH/c1-2-12(13-4-3-7-19-13)17-14(18)8-11-6-5-10(15)9-16-11;/h3-7,9,12H,2,8,15H2,1H3,(H,17,18);1H. The van der Waals surface area contributed by atoms with Crippen LogP contribution in [0.2, 0.25) is 0 Å². The van der Waals surface area contributed by atoms with Crippen molar-refractivity contribution in [3.05, 3.63) is 46.4 Å². The Morgan fingerprint density at radius 2 is 2.25 bits per heavy atom. The molecule has 1 unspecified atom stereocenters. The quantitative estimate of drug-likeness (QED) is 0.892. The Bertz CT molecular complexity index is 528. The van der Waals surface area contributed by atoms with Crippen LogP contribution >= 0.6 is 23.7 Å². The number of thiophene rings is 1. The SMILES string of the molecule is CCC(NC(=O)Cc1ccc(N)cn1)c1cccs1.Cl. The van der Waals surface area contributed by atoms with Gasteiger partial charge < -0.3 is 11.1 Å². The van der Waals surface area contributed by atoms with E-state index in [-0.39, 0.29) is 30.8 Å². The van der Waals surface area contributed by atoms with Gasteiger partial charge in [-0.25, -0.2) is 0 Å². The van der Waals surface area contributed by atoms with Crippen LogP contribution in [0.25, 0.3) is 0 Å². The van der Waals surface area contributed by atoms with E-state index in [1.807, 2.05) is 17.5 Å². The third kappa shape index (κ3) is 4.51. The van der Waals surface area contributed by atoms with E-state index >= 15 is 0 Å². The van der Waals surface area contributed by atoms with Gasteiger partial charge in [0.1, 0.15) is 0 Å². The number of rotatable bonds is 5. The van der Waals surface area contributed by atoms with E-state index in [1.165, 1.54) is 4.88 Å². The number of carbonyl (C=O) groups is 1. The molecular formula is C14H18ClN3OS. The van der Waals surface area contributed by atoms with Crippen molar-refractivity contribution in [2.45, 2.75) is 25.8 Å². The number of aromatic nitrogens is 1. The monoisotopic (exact) mass is 311 g/mol. The van der Waals surface area contributed by atoms with E-state index in [0.717, 1.165) is 12.1 Å². The van der Waals surface area contributed by atoms with E-state index in [1.54, 1.807) is 29.7 Å². The molecule has 3 N–H and O–H groups in total. The molecular weight excluding hydrogens is 294 g/mol. The predicted molar refractivity (Wildman–Crippen MR) is 85.1 cm³/mol.